The van der Waals surface area contributed by atoms with Crippen molar-refractivity contribution in [3.8, 4) is 5.75 Å². The Hall–Kier alpha value is -1.63. The van der Waals surface area contributed by atoms with Crippen LogP contribution in [0.1, 0.15) is 13.8 Å². The Morgan fingerprint density at radius 2 is 1.91 bits per heavy atom. The Kier molecular flexibility index (Phi) is 5.62. The zero-order valence-electron chi connectivity index (χ0n) is 13.6. The molecule has 2 rings (SSSR count). The van der Waals surface area contributed by atoms with E-state index in [1.807, 2.05) is 13.8 Å². The van der Waals surface area contributed by atoms with Gasteiger partial charge in [-0.1, -0.05) is 25.4 Å². The summed E-state index contributed by atoms with van der Waals surface area (Å²) in [5, 5.41) is 15.9. The molecule has 1 N–H and O–H groups in total. The van der Waals surface area contributed by atoms with E-state index in [2.05, 4.69) is 10.1 Å². The quantitative estimate of drug-likeness (QED) is 0.799. The van der Waals surface area contributed by atoms with E-state index in [1.165, 1.54) is 6.33 Å². The number of hydrogen-bond acceptors (Lipinski definition) is 5. The Labute approximate surface area is 141 Å². The van der Waals surface area contributed by atoms with Gasteiger partial charge in [0.2, 0.25) is 0 Å². The topological polar surface area (TPSA) is 69.4 Å². The summed E-state index contributed by atoms with van der Waals surface area (Å²) in [6.45, 7) is 4.57. The predicted octanol–water partition coefficient (Wildman–Crippen LogP) is 2.41. The third-order valence-electron chi connectivity index (χ3n) is 3.95. The van der Waals surface area contributed by atoms with Crippen molar-refractivity contribution in [2.45, 2.75) is 26.0 Å². The molecule has 0 spiro atoms. The van der Waals surface area contributed by atoms with E-state index in [0.717, 1.165) is 0 Å². The monoisotopic (exact) mass is 339 g/mol. The van der Waals surface area contributed by atoms with Gasteiger partial charge in [0.15, 0.2) is 0 Å². The molecule has 0 amide bonds. The molecular formula is C16H22ClN3O3. The van der Waals surface area contributed by atoms with E-state index >= 15 is 0 Å². The summed E-state index contributed by atoms with van der Waals surface area (Å²) in [6, 6.07) is 7.02. The van der Waals surface area contributed by atoms with Crippen LogP contribution < -0.4 is 4.74 Å². The maximum atomic E-state index is 11.2. The summed E-state index contributed by atoms with van der Waals surface area (Å²) < 4.78 is 12.6. The normalized spacial score (nSPS) is 14.5. The van der Waals surface area contributed by atoms with Crippen LogP contribution in [0.15, 0.2) is 36.9 Å². The minimum absolute atomic E-state index is 0.0881. The molecule has 0 fully saturated rings. The molecule has 1 aromatic heterocycles. The number of methoxy groups -OCH3 is 1. The zero-order valence-corrected chi connectivity index (χ0v) is 14.3. The SMILES string of the molecule is COCC(C)(C)C(O)(COc1ccc(Cl)cc1)Cn1cncn1. The van der Waals surface area contributed by atoms with Crippen molar-refractivity contribution in [2.75, 3.05) is 20.3 Å². The summed E-state index contributed by atoms with van der Waals surface area (Å²) in [5.41, 5.74) is -1.75. The summed E-state index contributed by atoms with van der Waals surface area (Å²) in [6.07, 6.45) is 3.00. The number of ether oxygens (including phenoxy) is 2. The van der Waals surface area contributed by atoms with E-state index < -0.39 is 11.0 Å². The minimum atomic E-state index is -1.20. The lowest BCUT2D eigenvalue weighted by Gasteiger charge is -2.41. The number of aromatic nitrogens is 3. The zero-order chi connectivity index (χ0) is 16.9. The lowest BCUT2D eigenvalue weighted by Crippen LogP contribution is -2.54. The maximum absolute atomic E-state index is 11.2. The van der Waals surface area contributed by atoms with Gasteiger partial charge in [-0.3, -0.25) is 0 Å². The number of halogens is 1. The molecule has 1 unspecified atom stereocenters. The number of rotatable bonds is 8. The minimum Gasteiger partial charge on any atom is -0.490 e. The smallest absolute Gasteiger partial charge is 0.137 e. The molecule has 0 aliphatic heterocycles. The molecule has 23 heavy (non-hydrogen) atoms. The standard InChI is InChI=1S/C16H22ClN3O3/c1-15(2,9-22-3)16(21,8-20-12-18-11-19-20)10-23-14-6-4-13(17)5-7-14/h4-7,11-12,21H,8-10H2,1-3H3. The number of hydrogen-bond donors (Lipinski definition) is 1. The maximum Gasteiger partial charge on any atom is 0.137 e. The average Bonchev–Trinajstić information content (AvgIpc) is 2.99. The molecule has 0 saturated heterocycles. The third-order valence-corrected chi connectivity index (χ3v) is 4.20. The molecule has 1 aromatic carbocycles. The van der Waals surface area contributed by atoms with Gasteiger partial charge in [-0.05, 0) is 24.3 Å². The largest absolute Gasteiger partial charge is 0.490 e. The van der Waals surface area contributed by atoms with Gasteiger partial charge in [-0.15, -0.1) is 0 Å². The van der Waals surface area contributed by atoms with E-state index in [9.17, 15) is 5.11 Å². The van der Waals surface area contributed by atoms with Crippen LogP contribution >= 0.6 is 11.6 Å². The second-order valence-electron chi connectivity index (χ2n) is 6.18. The first-order chi connectivity index (χ1) is 10.9. The fourth-order valence-electron chi connectivity index (χ4n) is 2.27. The van der Waals surface area contributed by atoms with Crippen molar-refractivity contribution in [1.29, 1.82) is 0 Å². The number of nitrogens with zero attached hydrogens (tertiary/aromatic N) is 3. The van der Waals surface area contributed by atoms with Crippen molar-refractivity contribution in [3.63, 3.8) is 0 Å². The molecule has 2 aromatic rings. The van der Waals surface area contributed by atoms with E-state index in [-0.39, 0.29) is 13.2 Å². The highest BCUT2D eigenvalue weighted by atomic mass is 35.5. The van der Waals surface area contributed by atoms with Crippen molar-refractivity contribution >= 4 is 11.6 Å². The van der Waals surface area contributed by atoms with Crippen LogP contribution in [-0.4, -0.2) is 45.8 Å². The van der Waals surface area contributed by atoms with Crippen LogP contribution in [0, 0.1) is 5.41 Å². The van der Waals surface area contributed by atoms with Crippen LogP contribution in [0.4, 0.5) is 0 Å². The number of aliphatic hydroxyl groups is 1. The number of benzene rings is 1. The summed E-state index contributed by atoms with van der Waals surface area (Å²) in [7, 11) is 1.61. The first-order valence-electron chi connectivity index (χ1n) is 7.28. The van der Waals surface area contributed by atoms with Crippen LogP contribution in [0.25, 0.3) is 0 Å². The second kappa shape index (κ2) is 7.29. The predicted molar refractivity (Wildman–Crippen MR) is 87.6 cm³/mol. The summed E-state index contributed by atoms with van der Waals surface area (Å²) >= 11 is 5.87. The second-order valence-corrected chi connectivity index (χ2v) is 6.62. The van der Waals surface area contributed by atoms with Crippen molar-refractivity contribution in [3.05, 3.63) is 41.9 Å². The van der Waals surface area contributed by atoms with Crippen LogP contribution in [0.3, 0.4) is 0 Å². The Balaban J connectivity index is 2.16. The molecule has 0 aliphatic carbocycles. The Morgan fingerprint density at radius 1 is 1.22 bits per heavy atom. The fraction of sp³-hybridized carbons (Fsp3) is 0.500. The molecule has 0 radical (unpaired) electrons. The van der Waals surface area contributed by atoms with E-state index in [4.69, 9.17) is 21.1 Å². The molecule has 6 nitrogen and oxygen atoms in total. The van der Waals surface area contributed by atoms with Gasteiger partial charge in [0, 0.05) is 17.5 Å². The molecule has 0 saturated carbocycles. The molecule has 1 heterocycles. The van der Waals surface area contributed by atoms with E-state index in [1.54, 1.807) is 42.4 Å². The average molecular weight is 340 g/mol. The van der Waals surface area contributed by atoms with Gasteiger partial charge >= 0.3 is 0 Å². The van der Waals surface area contributed by atoms with Gasteiger partial charge in [-0.2, -0.15) is 5.10 Å². The molecule has 0 aliphatic rings. The summed E-state index contributed by atoms with van der Waals surface area (Å²) in [5.74, 6) is 0.639. The van der Waals surface area contributed by atoms with Gasteiger partial charge in [0.05, 0.1) is 13.2 Å². The highest BCUT2D eigenvalue weighted by molar-refractivity contribution is 6.30. The fourth-order valence-corrected chi connectivity index (χ4v) is 2.39. The van der Waals surface area contributed by atoms with E-state index in [0.29, 0.717) is 17.4 Å². The van der Waals surface area contributed by atoms with Crippen molar-refractivity contribution < 1.29 is 14.6 Å². The highest BCUT2D eigenvalue weighted by Crippen LogP contribution is 2.33. The first kappa shape index (κ1) is 17.7. The summed E-state index contributed by atoms with van der Waals surface area (Å²) in [4.78, 5) is 3.92. The molecular weight excluding hydrogens is 318 g/mol. The third kappa shape index (κ3) is 4.43. The Morgan fingerprint density at radius 3 is 2.48 bits per heavy atom. The van der Waals surface area contributed by atoms with Crippen LogP contribution in [-0.2, 0) is 11.3 Å². The molecule has 126 valence electrons. The molecule has 7 heteroatoms. The van der Waals surface area contributed by atoms with Gasteiger partial charge < -0.3 is 14.6 Å². The molecule has 0 bridgehead atoms. The first-order valence-corrected chi connectivity index (χ1v) is 7.66. The van der Waals surface area contributed by atoms with Crippen LogP contribution in [0.5, 0.6) is 5.75 Å². The molecule has 1 atom stereocenters. The highest BCUT2D eigenvalue weighted by Gasteiger charge is 2.45. The van der Waals surface area contributed by atoms with Crippen molar-refractivity contribution in [1.82, 2.24) is 14.8 Å². The lowest BCUT2D eigenvalue weighted by atomic mass is 9.75. The van der Waals surface area contributed by atoms with Gasteiger partial charge in [0.25, 0.3) is 0 Å². The Bertz CT molecular complexity index is 602. The van der Waals surface area contributed by atoms with Gasteiger partial charge in [-0.25, -0.2) is 9.67 Å². The van der Waals surface area contributed by atoms with Crippen LogP contribution in [0.2, 0.25) is 5.02 Å². The van der Waals surface area contributed by atoms with Crippen molar-refractivity contribution in [2.24, 2.45) is 5.41 Å². The van der Waals surface area contributed by atoms with Gasteiger partial charge in [0.1, 0.15) is 30.6 Å². The lowest BCUT2D eigenvalue weighted by molar-refractivity contribution is -0.131.